The molecule has 0 N–H and O–H groups in total. The van der Waals surface area contributed by atoms with E-state index in [1.807, 2.05) is 30.3 Å². The smallest absolute Gasteiger partial charge is 0.295 e. The fourth-order valence-corrected chi connectivity index (χ4v) is 3.44. The molecule has 3 nitrogen and oxygen atoms in total. The van der Waals surface area contributed by atoms with Gasteiger partial charge in [0, 0.05) is 19.6 Å². The first-order valence-corrected chi connectivity index (χ1v) is 9.19. The molecule has 3 aromatic rings. The molecule has 28 heavy (non-hydrogen) atoms. The Morgan fingerprint density at radius 1 is 0.929 bits per heavy atom. The molecule has 0 unspecified atom stereocenters. The summed E-state index contributed by atoms with van der Waals surface area (Å²) in [7, 11) is 0. The van der Waals surface area contributed by atoms with Gasteiger partial charge in [0.25, 0.3) is 0 Å². The summed E-state index contributed by atoms with van der Waals surface area (Å²) in [5.41, 5.74) is 2.40. The zero-order valence-corrected chi connectivity index (χ0v) is 15.2. The van der Waals surface area contributed by atoms with Gasteiger partial charge in [-0.15, -0.1) is 0 Å². The normalized spacial score (nSPS) is 15.5. The van der Waals surface area contributed by atoms with Crippen molar-refractivity contribution in [3.05, 3.63) is 89.8 Å². The van der Waals surface area contributed by atoms with E-state index in [2.05, 4.69) is 22.1 Å². The van der Waals surface area contributed by atoms with Crippen molar-refractivity contribution < 1.29 is 13.2 Å². The molecule has 6 heteroatoms. The van der Waals surface area contributed by atoms with Gasteiger partial charge < -0.3 is 0 Å². The van der Waals surface area contributed by atoms with E-state index in [0.717, 1.165) is 24.7 Å². The van der Waals surface area contributed by atoms with E-state index in [1.165, 1.54) is 10.2 Å². The van der Waals surface area contributed by atoms with Crippen LogP contribution in [-0.2, 0) is 12.7 Å². The Hall–Kier alpha value is -2.86. The van der Waals surface area contributed by atoms with Gasteiger partial charge in [0.15, 0.2) is 5.69 Å². The lowest BCUT2D eigenvalue weighted by molar-refractivity contribution is -0.141. The summed E-state index contributed by atoms with van der Waals surface area (Å²) in [6.45, 7) is 2.32. The maximum absolute atomic E-state index is 13.3. The van der Waals surface area contributed by atoms with Crippen LogP contribution in [0.4, 0.5) is 13.2 Å². The summed E-state index contributed by atoms with van der Waals surface area (Å²) >= 11 is 0. The highest BCUT2D eigenvalue weighted by Gasteiger charge is 2.35. The van der Waals surface area contributed by atoms with Gasteiger partial charge in [-0.05, 0) is 35.8 Å². The molecule has 2 aromatic carbocycles. The van der Waals surface area contributed by atoms with Crippen LogP contribution in [0, 0.1) is 0 Å². The summed E-state index contributed by atoms with van der Waals surface area (Å²) in [4.78, 5) is 2.28. The largest absolute Gasteiger partial charge is 0.435 e. The second kappa shape index (κ2) is 7.64. The van der Waals surface area contributed by atoms with Gasteiger partial charge in [0.2, 0.25) is 0 Å². The maximum atomic E-state index is 13.3. The fraction of sp³-hybridized carbons (Fsp3) is 0.227. The van der Waals surface area contributed by atoms with Crippen LogP contribution >= 0.6 is 0 Å². The second-order valence-corrected chi connectivity index (χ2v) is 6.86. The molecule has 0 spiro atoms. The van der Waals surface area contributed by atoms with Crippen LogP contribution in [0.5, 0.6) is 0 Å². The molecule has 144 valence electrons. The van der Waals surface area contributed by atoms with Crippen molar-refractivity contribution in [1.29, 1.82) is 0 Å². The Kier molecular flexibility index (Phi) is 5.05. The average Bonchev–Trinajstić information content (AvgIpc) is 3.16. The van der Waals surface area contributed by atoms with Crippen LogP contribution in [0.15, 0.2) is 72.8 Å². The molecule has 2 heterocycles. The SMILES string of the molecule is FC(F)(F)c1cc(C2=CCN(Cc3ccccc3)CC2)n(-c2ccccc2)n1. The molecule has 0 saturated heterocycles. The zero-order chi connectivity index (χ0) is 19.6. The van der Waals surface area contributed by atoms with Crippen molar-refractivity contribution in [1.82, 2.24) is 14.7 Å². The van der Waals surface area contributed by atoms with Gasteiger partial charge in [-0.3, -0.25) is 4.90 Å². The highest BCUT2D eigenvalue weighted by Crippen LogP contribution is 2.33. The monoisotopic (exact) mass is 383 g/mol. The Labute approximate surface area is 161 Å². The Balaban J connectivity index is 1.61. The zero-order valence-electron chi connectivity index (χ0n) is 15.2. The van der Waals surface area contributed by atoms with E-state index in [4.69, 9.17) is 0 Å². The van der Waals surface area contributed by atoms with Gasteiger partial charge in [0.05, 0.1) is 11.4 Å². The predicted molar refractivity (Wildman–Crippen MR) is 103 cm³/mol. The van der Waals surface area contributed by atoms with Gasteiger partial charge >= 0.3 is 6.18 Å². The van der Waals surface area contributed by atoms with E-state index in [9.17, 15) is 13.2 Å². The number of nitrogens with zero attached hydrogens (tertiary/aromatic N) is 3. The van der Waals surface area contributed by atoms with Gasteiger partial charge in [0.1, 0.15) is 0 Å². The van der Waals surface area contributed by atoms with E-state index in [0.29, 0.717) is 24.3 Å². The van der Waals surface area contributed by atoms with Crippen molar-refractivity contribution in [2.24, 2.45) is 0 Å². The molecular formula is C22H20F3N3. The van der Waals surface area contributed by atoms with Crippen molar-refractivity contribution in [2.75, 3.05) is 13.1 Å². The number of benzene rings is 2. The Morgan fingerprint density at radius 3 is 2.21 bits per heavy atom. The summed E-state index contributed by atoms with van der Waals surface area (Å²) < 4.78 is 41.2. The molecule has 0 atom stereocenters. The van der Waals surface area contributed by atoms with Crippen molar-refractivity contribution >= 4 is 5.57 Å². The highest BCUT2D eigenvalue weighted by atomic mass is 19.4. The predicted octanol–water partition coefficient (Wildman–Crippen LogP) is 5.18. The molecule has 4 rings (SSSR count). The van der Waals surface area contributed by atoms with Gasteiger partial charge in [-0.1, -0.05) is 54.6 Å². The maximum Gasteiger partial charge on any atom is 0.435 e. The lowest BCUT2D eigenvalue weighted by Crippen LogP contribution is -2.28. The van der Waals surface area contributed by atoms with Crippen LogP contribution in [0.2, 0.25) is 0 Å². The third-order valence-electron chi connectivity index (χ3n) is 4.87. The fourth-order valence-electron chi connectivity index (χ4n) is 3.44. The second-order valence-electron chi connectivity index (χ2n) is 6.86. The Morgan fingerprint density at radius 2 is 1.61 bits per heavy atom. The minimum absolute atomic E-state index is 0.512. The molecule has 1 aromatic heterocycles. The average molecular weight is 383 g/mol. The highest BCUT2D eigenvalue weighted by molar-refractivity contribution is 5.66. The third-order valence-corrected chi connectivity index (χ3v) is 4.87. The topological polar surface area (TPSA) is 21.1 Å². The van der Waals surface area contributed by atoms with Crippen LogP contribution in [0.3, 0.4) is 0 Å². The molecule has 0 aliphatic carbocycles. The van der Waals surface area contributed by atoms with Crippen LogP contribution in [-0.4, -0.2) is 27.8 Å². The molecule has 0 fully saturated rings. The number of hydrogen-bond acceptors (Lipinski definition) is 2. The Bertz CT molecular complexity index is 960. The summed E-state index contributed by atoms with van der Waals surface area (Å²) in [5.74, 6) is 0. The molecule has 0 saturated carbocycles. The molecular weight excluding hydrogens is 363 g/mol. The van der Waals surface area contributed by atoms with E-state index >= 15 is 0 Å². The summed E-state index contributed by atoms with van der Waals surface area (Å²) in [5, 5.41) is 3.85. The number of aromatic nitrogens is 2. The van der Waals surface area contributed by atoms with Gasteiger partial charge in [-0.2, -0.15) is 18.3 Å². The first-order chi connectivity index (χ1) is 13.5. The molecule has 1 aliphatic heterocycles. The number of rotatable bonds is 4. The molecule has 0 radical (unpaired) electrons. The molecule has 1 aliphatic rings. The lowest BCUT2D eigenvalue weighted by atomic mass is 10.0. The number of para-hydroxylation sites is 1. The standard InChI is InChI=1S/C22H20F3N3/c23-22(24,25)21-15-20(28(26-21)19-9-5-2-6-10-19)18-11-13-27(14-12-18)16-17-7-3-1-4-8-17/h1-11,15H,12-14,16H2. The number of hydrogen-bond donors (Lipinski definition) is 0. The third kappa shape index (κ3) is 4.02. The van der Waals surface area contributed by atoms with Crippen molar-refractivity contribution in [3.8, 4) is 5.69 Å². The number of halogens is 3. The quantitative estimate of drug-likeness (QED) is 0.619. The van der Waals surface area contributed by atoms with E-state index < -0.39 is 11.9 Å². The lowest BCUT2D eigenvalue weighted by Gasteiger charge is -2.26. The van der Waals surface area contributed by atoms with Crippen molar-refractivity contribution in [3.63, 3.8) is 0 Å². The minimum Gasteiger partial charge on any atom is -0.295 e. The molecule has 0 amide bonds. The minimum atomic E-state index is -4.47. The van der Waals surface area contributed by atoms with Gasteiger partial charge in [-0.25, -0.2) is 4.68 Å². The van der Waals surface area contributed by atoms with Crippen LogP contribution < -0.4 is 0 Å². The van der Waals surface area contributed by atoms with Crippen molar-refractivity contribution in [2.45, 2.75) is 19.1 Å². The van der Waals surface area contributed by atoms with E-state index in [1.54, 1.807) is 24.3 Å². The summed E-state index contributed by atoms with van der Waals surface area (Å²) in [6.07, 6.45) is -1.77. The molecule has 0 bridgehead atoms. The summed E-state index contributed by atoms with van der Waals surface area (Å²) in [6, 6.07) is 20.3. The first-order valence-electron chi connectivity index (χ1n) is 9.19. The van der Waals surface area contributed by atoms with E-state index in [-0.39, 0.29) is 0 Å². The van der Waals surface area contributed by atoms with Crippen LogP contribution in [0.1, 0.15) is 23.4 Å². The number of alkyl halides is 3. The van der Waals surface area contributed by atoms with Crippen LogP contribution in [0.25, 0.3) is 11.3 Å². The first kappa shape index (κ1) is 18.5.